The molecule has 0 unspecified atom stereocenters. The monoisotopic (exact) mass is 276 g/mol. The highest BCUT2D eigenvalue weighted by Gasteiger charge is 2.20. The molecule has 0 aromatic carbocycles. The van der Waals surface area contributed by atoms with E-state index in [9.17, 15) is 4.79 Å². The van der Waals surface area contributed by atoms with Gasteiger partial charge in [-0.05, 0) is 45.2 Å². The molecule has 0 atom stereocenters. The number of amides is 1. The molecule has 0 saturated carbocycles. The van der Waals surface area contributed by atoms with Crippen LogP contribution in [-0.4, -0.2) is 36.1 Å². The molecule has 0 bridgehead atoms. The van der Waals surface area contributed by atoms with E-state index in [1.165, 1.54) is 6.42 Å². The van der Waals surface area contributed by atoms with Crippen LogP contribution in [0.2, 0.25) is 0 Å². The zero-order valence-corrected chi connectivity index (χ0v) is 12.4. The number of nitrogens with two attached hydrogens (primary N) is 1. The lowest BCUT2D eigenvalue weighted by molar-refractivity contribution is 0.0946. The third kappa shape index (κ3) is 3.93. The van der Waals surface area contributed by atoms with E-state index in [0.717, 1.165) is 31.7 Å². The first kappa shape index (κ1) is 14.8. The van der Waals surface area contributed by atoms with Crippen molar-refractivity contribution < 1.29 is 4.79 Å². The minimum absolute atomic E-state index is 0.0998. The molecule has 1 aromatic rings. The summed E-state index contributed by atoms with van der Waals surface area (Å²) in [6, 6.07) is 3.63. The summed E-state index contributed by atoms with van der Waals surface area (Å²) in [5.41, 5.74) is 6.13. The van der Waals surface area contributed by atoms with Gasteiger partial charge in [0.05, 0.1) is 5.56 Å². The molecule has 0 aliphatic carbocycles. The fourth-order valence-electron chi connectivity index (χ4n) is 2.34. The summed E-state index contributed by atoms with van der Waals surface area (Å²) in [6.07, 6.45) is 5.32. The van der Waals surface area contributed by atoms with Crippen molar-refractivity contribution in [3.05, 3.63) is 23.9 Å². The number of nitrogens with zero attached hydrogens (tertiary/aromatic N) is 2. The normalized spacial score (nSPS) is 16.1. The molecule has 5 heteroatoms. The molecule has 3 N–H and O–H groups in total. The van der Waals surface area contributed by atoms with Crippen molar-refractivity contribution in [2.75, 3.05) is 24.5 Å². The largest absolute Gasteiger partial charge is 0.356 e. The summed E-state index contributed by atoms with van der Waals surface area (Å²) in [5, 5.41) is 2.89. The van der Waals surface area contributed by atoms with Crippen LogP contribution in [0.1, 0.15) is 43.5 Å². The van der Waals surface area contributed by atoms with Crippen molar-refractivity contribution >= 4 is 11.7 Å². The van der Waals surface area contributed by atoms with Crippen LogP contribution in [0.5, 0.6) is 0 Å². The van der Waals surface area contributed by atoms with E-state index in [2.05, 4.69) is 15.2 Å². The van der Waals surface area contributed by atoms with Gasteiger partial charge < -0.3 is 16.0 Å². The van der Waals surface area contributed by atoms with Gasteiger partial charge in [-0.2, -0.15) is 0 Å². The Bertz CT molecular complexity index is 461. The van der Waals surface area contributed by atoms with Crippen molar-refractivity contribution in [1.29, 1.82) is 0 Å². The number of hydrogen-bond donors (Lipinski definition) is 2. The lowest BCUT2D eigenvalue weighted by Crippen LogP contribution is -2.45. The second-order valence-corrected chi connectivity index (χ2v) is 6.09. The second kappa shape index (κ2) is 6.22. The molecule has 2 heterocycles. The van der Waals surface area contributed by atoms with Crippen molar-refractivity contribution in [3.63, 3.8) is 0 Å². The Hall–Kier alpha value is -1.62. The molecular formula is C15H24N4O. The number of aromatic nitrogens is 1. The van der Waals surface area contributed by atoms with E-state index in [4.69, 9.17) is 5.73 Å². The van der Waals surface area contributed by atoms with Crippen LogP contribution < -0.4 is 16.0 Å². The highest BCUT2D eigenvalue weighted by molar-refractivity contribution is 5.98. The van der Waals surface area contributed by atoms with E-state index in [-0.39, 0.29) is 5.91 Å². The maximum Gasteiger partial charge on any atom is 0.255 e. The summed E-state index contributed by atoms with van der Waals surface area (Å²) in [5.74, 6) is 0.691. The van der Waals surface area contributed by atoms with Gasteiger partial charge in [0.25, 0.3) is 5.91 Å². The number of piperidine rings is 1. The number of pyridine rings is 1. The number of hydrogen-bond acceptors (Lipinski definition) is 4. The third-order valence-corrected chi connectivity index (χ3v) is 3.39. The lowest BCUT2D eigenvalue weighted by Gasteiger charge is -2.29. The average Bonchev–Trinajstić information content (AvgIpc) is 2.45. The van der Waals surface area contributed by atoms with Crippen LogP contribution >= 0.6 is 0 Å². The predicted molar refractivity (Wildman–Crippen MR) is 80.9 cm³/mol. The number of carbonyl (C=O) groups is 1. The zero-order valence-electron chi connectivity index (χ0n) is 12.4. The van der Waals surface area contributed by atoms with E-state index in [1.54, 1.807) is 12.3 Å². The van der Waals surface area contributed by atoms with Crippen LogP contribution in [0.15, 0.2) is 18.3 Å². The summed E-state index contributed by atoms with van der Waals surface area (Å²) < 4.78 is 0. The average molecular weight is 276 g/mol. The Labute approximate surface area is 120 Å². The van der Waals surface area contributed by atoms with E-state index >= 15 is 0 Å². The molecule has 1 saturated heterocycles. The third-order valence-electron chi connectivity index (χ3n) is 3.39. The van der Waals surface area contributed by atoms with Gasteiger partial charge in [-0.15, -0.1) is 0 Å². The van der Waals surface area contributed by atoms with E-state index < -0.39 is 5.54 Å². The summed E-state index contributed by atoms with van der Waals surface area (Å²) in [7, 11) is 0. The smallest absolute Gasteiger partial charge is 0.255 e. The maximum atomic E-state index is 12.3. The minimum atomic E-state index is -0.414. The molecule has 110 valence electrons. The molecule has 20 heavy (non-hydrogen) atoms. The maximum absolute atomic E-state index is 12.3. The number of nitrogens with one attached hydrogen (secondary N) is 1. The summed E-state index contributed by atoms with van der Waals surface area (Å²) in [6.45, 7) is 6.17. The van der Waals surface area contributed by atoms with Crippen LogP contribution in [0.25, 0.3) is 0 Å². The molecule has 1 aromatic heterocycles. The SMILES string of the molecule is CC(C)(N)CNC(=O)c1cccnc1N1CCCCC1. The fraction of sp³-hybridized carbons (Fsp3) is 0.600. The Kier molecular flexibility index (Phi) is 4.60. The first-order valence-corrected chi connectivity index (χ1v) is 7.24. The summed E-state index contributed by atoms with van der Waals surface area (Å²) >= 11 is 0. The number of rotatable bonds is 4. The van der Waals surface area contributed by atoms with Gasteiger partial charge in [-0.3, -0.25) is 4.79 Å². The molecule has 1 fully saturated rings. The quantitative estimate of drug-likeness (QED) is 0.875. The molecule has 0 radical (unpaired) electrons. The first-order chi connectivity index (χ1) is 9.47. The molecule has 0 spiro atoms. The zero-order chi connectivity index (χ0) is 14.6. The number of anilines is 1. The van der Waals surface area contributed by atoms with Crippen molar-refractivity contribution in [1.82, 2.24) is 10.3 Å². The minimum Gasteiger partial charge on any atom is -0.356 e. The molecule has 1 amide bonds. The first-order valence-electron chi connectivity index (χ1n) is 7.24. The molecular weight excluding hydrogens is 252 g/mol. The van der Waals surface area contributed by atoms with Gasteiger partial charge in [-0.25, -0.2) is 4.98 Å². The highest BCUT2D eigenvalue weighted by Crippen LogP contribution is 2.21. The summed E-state index contributed by atoms with van der Waals surface area (Å²) in [4.78, 5) is 18.9. The van der Waals surface area contributed by atoms with Gasteiger partial charge in [0.2, 0.25) is 0 Å². The Morgan fingerprint density at radius 3 is 2.75 bits per heavy atom. The van der Waals surface area contributed by atoms with Crippen LogP contribution in [-0.2, 0) is 0 Å². The van der Waals surface area contributed by atoms with Crippen molar-refractivity contribution in [2.24, 2.45) is 5.73 Å². The van der Waals surface area contributed by atoms with Crippen LogP contribution in [0, 0.1) is 0 Å². The second-order valence-electron chi connectivity index (χ2n) is 6.09. The molecule has 2 rings (SSSR count). The molecule has 5 nitrogen and oxygen atoms in total. The van der Waals surface area contributed by atoms with Gasteiger partial charge >= 0.3 is 0 Å². The van der Waals surface area contributed by atoms with E-state index in [1.807, 2.05) is 19.9 Å². The van der Waals surface area contributed by atoms with Gasteiger partial charge in [0.15, 0.2) is 0 Å². The predicted octanol–water partition coefficient (Wildman–Crippen LogP) is 1.54. The van der Waals surface area contributed by atoms with Gasteiger partial charge in [0.1, 0.15) is 5.82 Å². The van der Waals surface area contributed by atoms with Crippen LogP contribution in [0.3, 0.4) is 0 Å². The molecule has 1 aliphatic rings. The fourth-order valence-corrected chi connectivity index (χ4v) is 2.34. The Morgan fingerprint density at radius 1 is 1.40 bits per heavy atom. The van der Waals surface area contributed by atoms with Crippen LogP contribution in [0.4, 0.5) is 5.82 Å². The topological polar surface area (TPSA) is 71.2 Å². The lowest BCUT2D eigenvalue weighted by atomic mass is 10.1. The molecule has 1 aliphatic heterocycles. The van der Waals surface area contributed by atoms with Gasteiger partial charge in [-0.1, -0.05) is 0 Å². The Balaban J connectivity index is 2.12. The van der Waals surface area contributed by atoms with Crippen molar-refractivity contribution in [3.8, 4) is 0 Å². The highest BCUT2D eigenvalue weighted by atomic mass is 16.1. The standard InChI is InChI=1S/C15H24N4O/c1-15(2,16)11-18-14(20)12-7-6-8-17-13(12)19-9-4-3-5-10-19/h6-8H,3-5,9-11,16H2,1-2H3,(H,18,20). The van der Waals surface area contributed by atoms with Crippen molar-refractivity contribution in [2.45, 2.75) is 38.6 Å². The van der Waals surface area contributed by atoms with Gasteiger partial charge in [0, 0.05) is 31.4 Å². The number of carbonyl (C=O) groups excluding carboxylic acids is 1. The Morgan fingerprint density at radius 2 is 2.10 bits per heavy atom. The van der Waals surface area contributed by atoms with E-state index in [0.29, 0.717) is 12.1 Å².